The molecule has 1 aromatic rings. The van der Waals surface area contributed by atoms with Crippen molar-refractivity contribution < 1.29 is 19.5 Å². The fourth-order valence-electron chi connectivity index (χ4n) is 7.45. The number of aliphatic hydroxyl groups excluding tert-OH is 1. The average Bonchev–Trinajstić information content (AvgIpc) is 3.54. The number of likely N-dealkylation sites (N-methyl/N-ethyl adjacent to an activating group) is 1. The summed E-state index contributed by atoms with van der Waals surface area (Å²) in [5.74, 6) is -1.40. The van der Waals surface area contributed by atoms with Crippen molar-refractivity contribution in [3.8, 4) is 0 Å². The smallest absolute Gasteiger partial charge is 0.247 e. The third kappa shape index (κ3) is 5.02. The van der Waals surface area contributed by atoms with Gasteiger partial charge < -0.3 is 19.8 Å². The molecule has 3 aliphatic rings. The van der Waals surface area contributed by atoms with E-state index in [1.54, 1.807) is 40.8 Å². The van der Waals surface area contributed by atoms with Gasteiger partial charge in [-0.2, -0.15) is 0 Å². The average molecular weight is 568 g/mol. The monoisotopic (exact) mass is 567 g/mol. The van der Waals surface area contributed by atoms with Gasteiger partial charge in [-0.15, -0.1) is 24.9 Å². The highest BCUT2D eigenvalue weighted by Crippen LogP contribution is 2.69. The van der Waals surface area contributed by atoms with Gasteiger partial charge in [-0.25, -0.2) is 0 Å². The van der Waals surface area contributed by atoms with Crippen molar-refractivity contribution in [3.05, 3.63) is 61.2 Å². The molecule has 3 amide bonds. The van der Waals surface area contributed by atoms with Gasteiger partial charge in [0.15, 0.2) is 0 Å². The van der Waals surface area contributed by atoms with E-state index in [1.165, 1.54) is 0 Å². The van der Waals surface area contributed by atoms with Crippen LogP contribution in [0.1, 0.15) is 45.6 Å². The Morgan fingerprint density at radius 3 is 2.48 bits per heavy atom. The van der Waals surface area contributed by atoms with Crippen LogP contribution >= 0.6 is 11.8 Å². The second kappa shape index (κ2) is 12.5. The largest absolute Gasteiger partial charge is 0.394 e. The predicted molar refractivity (Wildman–Crippen MR) is 161 cm³/mol. The maximum absolute atomic E-state index is 14.7. The summed E-state index contributed by atoms with van der Waals surface area (Å²) in [6.45, 7) is 14.5. The van der Waals surface area contributed by atoms with Gasteiger partial charge in [0, 0.05) is 31.4 Å². The summed E-state index contributed by atoms with van der Waals surface area (Å²) in [4.78, 5) is 48.3. The summed E-state index contributed by atoms with van der Waals surface area (Å²) in [5.41, 5.74) is 0.987. The zero-order chi connectivity index (χ0) is 29.2. The first kappa shape index (κ1) is 30.4. The Bertz CT molecular complexity index is 1110. The van der Waals surface area contributed by atoms with Crippen LogP contribution in [-0.4, -0.2) is 92.4 Å². The maximum atomic E-state index is 14.7. The summed E-state index contributed by atoms with van der Waals surface area (Å²) in [7, 11) is 1.75. The minimum absolute atomic E-state index is 0.0243. The van der Waals surface area contributed by atoms with Gasteiger partial charge >= 0.3 is 0 Å². The number of benzene rings is 1. The van der Waals surface area contributed by atoms with Gasteiger partial charge in [-0.05, 0) is 37.7 Å². The number of hydrogen-bond acceptors (Lipinski definition) is 5. The third-order valence-electron chi connectivity index (χ3n) is 9.25. The van der Waals surface area contributed by atoms with E-state index >= 15 is 0 Å². The van der Waals surface area contributed by atoms with Crippen molar-refractivity contribution in [3.63, 3.8) is 0 Å². The number of nitrogens with zero attached hydrogens (tertiary/aromatic N) is 3. The molecule has 3 heterocycles. The standard InChI is InChI=1S/C32H45N3O4S/c1-7-13-22(5)34(17-9-3)31(39)28-32-21(4)18-25(40-32)26(29(37)33(6)16-8-2)27(32)30(38)35(28)24(20-36)19-23-14-11-10-12-15-23/h8-12,14-15,21-22,24-28,36H,2-3,7,13,16-20H2,1,4-6H3/t21?,22?,24-,25+,26-,27+,28?,32?/m1/s1. The van der Waals surface area contributed by atoms with Crippen LogP contribution in [0.3, 0.4) is 0 Å². The van der Waals surface area contributed by atoms with Crippen LogP contribution < -0.4 is 0 Å². The lowest BCUT2D eigenvalue weighted by molar-refractivity contribution is -0.147. The van der Waals surface area contributed by atoms with Crippen molar-refractivity contribution in [2.75, 3.05) is 26.7 Å². The highest BCUT2D eigenvalue weighted by molar-refractivity contribution is 8.02. The molecule has 1 spiro atoms. The number of fused-ring (bicyclic) bond motifs is 1. The van der Waals surface area contributed by atoms with Gasteiger partial charge in [0.05, 0.1) is 29.2 Å². The van der Waals surface area contributed by atoms with E-state index in [0.29, 0.717) is 19.5 Å². The molecule has 8 atom stereocenters. The Labute approximate surface area is 243 Å². The molecule has 3 saturated heterocycles. The molecule has 3 fully saturated rings. The predicted octanol–water partition coefficient (Wildman–Crippen LogP) is 3.77. The molecular formula is C32H45N3O4S. The van der Waals surface area contributed by atoms with Gasteiger partial charge in [-0.3, -0.25) is 14.4 Å². The van der Waals surface area contributed by atoms with Crippen LogP contribution in [0.25, 0.3) is 0 Å². The van der Waals surface area contributed by atoms with E-state index in [0.717, 1.165) is 24.8 Å². The number of aliphatic hydroxyl groups is 1. The zero-order valence-corrected chi connectivity index (χ0v) is 25.2. The molecule has 1 N–H and O–H groups in total. The summed E-state index contributed by atoms with van der Waals surface area (Å²) < 4.78 is -0.732. The zero-order valence-electron chi connectivity index (χ0n) is 24.4. The molecular weight excluding hydrogens is 522 g/mol. The van der Waals surface area contributed by atoms with Crippen molar-refractivity contribution >= 4 is 29.5 Å². The fourth-order valence-corrected chi connectivity index (χ4v) is 9.84. The molecule has 1 aromatic carbocycles. The lowest BCUT2D eigenvalue weighted by Crippen LogP contribution is -2.60. The summed E-state index contributed by atoms with van der Waals surface area (Å²) in [6.07, 6.45) is 6.40. The summed E-state index contributed by atoms with van der Waals surface area (Å²) >= 11 is 1.68. The number of amides is 3. The molecule has 4 rings (SSSR count). The molecule has 3 aliphatic heterocycles. The Hall–Kier alpha value is -2.58. The first-order valence-corrected chi connectivity index (χ1v) is 15.5. The second-order valence-electron chi connectivity index (χ2n) is 11.7. The Balaban J connectivity index is 1.83. The van der Waals surface area contributed by atoms with Crippen LogP contribution in [0.2, 0.25) is 0 Å². The molecule has 40 heavy (non-hydrogen) atoms. The molecule has 2 bridgehead atoms. The second-order valence-corrected chi connectivity index (χ2v) is 13.3. The lowest BCUT2D eigenvalue weighted by atomic mass is 9.65. The van der Waals surface area contributed by atoms with Gasteiger partial charge in [0.1, 0.15) is 6.04 Å². The Morgan fingerprint density at radius 2 is 1.88 bits per heavy atom. The minimum Gasteiger partial charge on any atom is -0.394 e. The van der Waals surface area contributed by atoms with Crippen molar-refractivity contribution in [2.24, 2.45) is 17.8 Å². The molecule has 0 aliphatic carbocycles. The van der Waals surface area contributed by atoms with E-state index < -0.39 is 28.7 Å². The molecule has 0 aromatic heterocycles. The molecule has 0 radical (unpaired) electrons. The van der Waals surface area contributed by atoms with Crippen LogP contribution in [0.5, 0.6) is 0 Å². The van der Waals surface area contributed by atoms with Gasteiger partial charge in [0.2, 0.25) is 17.7 Å². The highest BCUT2D eigenvalue weighted by atomic mass is 32.2. The maximum Gasteiger partial charge on any atom is 0.247 e. The van der Waals surface area contributed by atoms with E-state index in [9.17, 15) is 19.5 Å². The first-order valence-electron chi connectivity index (χ1n) is 14.6. The normalized spacial score (nSPS) is 30.1. The number of hydrogen-bond donors (Lipinski definition) is 1. The van der Waals surface area contributed by atoms with E-state index in [1.807, 2.05) is 42.2 Å². The van der Waals surface area contributed by atoms with Gasteiger partial charge in [0.25, 0.3) is 0 Å². The Morgan fingerprint density at radius 1 is 1.20 bits per heavy atom. The first-order chi connectivity index (χ1) is 19.2. The molecule has 8 heteroatoms. The SMILES string of the molecule is C=CCN(C)C(=O)[C@@H]1[C@@H]2CC(C)C3(S2)C(C(=O)N(CC=C)C(C)CCC)N([C@@H](CO)Cc2ccccc2)C(=O)[C@H]13. The Kier molecular flexibility index (Phi) is 9.51. The fraction of sp³-hybridized carbons (Fsp3) is 0.594. The van der Waals surface area contributed by atoms with Crippen LogP contribution in [0, 0.1) is 17.8 Å². The quantitative estimate of drug-likeness (QED) is 0.367. The van der Waals surface area contributed by atoms with E-state index in [-0.39, 0.29) is 41.5 Å². The number of carbonyl (C=O) groups is 3. The molecule has 218 valence electrons. The topological polar surface area (TPSA) is 81.2 Å². The number of thioether (sulfide) groups is 1. The number of carbonyl (C=O) groups excluding carboxylic acids is 3. The van der Waals surface area contributed by atoms with Crippen LogP contribution in [0.4, 0.5) is 0 Å². The summed E-state index contributed by atoms with van der Waals surface area (Å²) in [6, 6.07) is 8.39. The third-order valence-corrected chi connectivity index (χ3v) is 11.3. The summed E-state index contributed by atoms with van der Waals surface area (Å²) in [5, 5.41) is 10.7. The van der Waals surface area contributed by atoms with E-state index in [4.69, 9.17) is 0 Å². The number of rotatable bonds is 13. The van der Waals surface area contributed by atoms with Crippen LogP contribution in [-0.2, 0) is 20.8 Å². The molecule has 7 nitrogen and oxygen atoms in total. The van der Waals surface area contributed by atoms with Crippen molar-refractivity contribution in [1.82, 2.24) is 14.7 Å². The van der Waals surface area contributed by atoms with Crippen molar-refractivity contribution in [1.29, 1.82) is 0 Å². The van der Waals surface area contributed by atoms with Crippen molar-refractivity contribution in [2.45, 2.75) is 74.6 Å². The number of likely N-dealkylation sites (tertiary alicyclic amines) is 1. The highest BCUT2D eigenvalue weighted by Gasteiger charge is 2.77. The van der Waals surface area contributed by atoms with Crippen LogP contribution in [0.15, 0.2) is 55.6 Å². The lowest BCUT2D eigenvalue weighted by Gasteiger charge is -2.43. The van der Waals surface area contributed by atoms with Gasteiger partial charge in [-0.1, -0.05) is 62.8 Å². The minimum atomic E-state index is -0.766. The van der Waals surface area contributed by atoms with E-state index in [2.05, 4.69) is 27.0 Å². The molecule has 4 unspecified atom stereocenters. The molecule has 0 saturated carbocycles.